The molecular weight excluding hydrogens is 973 g/mol. The number of carbonyl (C=O) groups excluding carboxylic acids is 3. The molecule has 0 rings (SSSR count). The highest BCUT2D eigenvalue weighted by molar-refractivity contribution is 5.71. The molecule has 6 nitrogen and oxygen atoms in total. The second kappa shape index (κ2) is 66.6. The van der Waals surface area contributed by atoms with Crippen LogP contribution in [0, 0.1) is 0 Å². The Bertz CT molecular complexity index is 1590. The number of allylic oxidation sites excluding steroid dienone is 18. The maximum Gasteiger partial charge on any atom is 0.306 e. The predicted molar refractivity (Wildman–Crippen MR) is 343 cm³/mol. The summed E-state index contributed by atoms with van der Waals surface area (Å²) in [6, 6.07) is 0. The molecule has 0 aromatic rings. The fraction of sp³-hybridized carbons (Fsp3) is 0.712. The first kappa shape index (κ1) is 75.1. The van der Waals surface area contributed by atoms with E-state index in [9.17, 15) is 14.4 Å². The summed E-state index contributed by atoms with van der Waals surface area (Å²) in [7, 11) is 0. The lowest BCUT2D eigenvalue weighted by Crippen LogP contribution is -2.30. The molecule has 0 radical (unpaired) electrons. The number of hydrogen-bond acceptors (Lipinski definition) is 6. The van der Waals surface area contributed by atoms with E-state index in [1.54, 1.807) is 0 Å². The lowest BCUT2D eigenvalue weighted by Gasteiger charge is -2.18. The highest BCUT2D eigenvalue weighted by atomic mass is 16.6. The molecule has 0 fully saturated rings. The van der Waals surface area contributed by atoms with Crippen molar-refractivity contribution < 1.29 is 28.6 Å². The SMILES string of the molecule is CC/C=C\C/C=C\C/C=C\C/C=C\C/C=C\C/C=C\C/C=C\CCCCCCCCCC(=O)OCC(COC(=O)CCCCCCCCCCCCCCCCCC)OC(=O)CCCCCCC/C=C\C/C=C\CCCCCC. The fourth-order valence-electron chi connectivity index (χ4n) is 9.28. The molecule has 0 aromatic carbocycles. The first-order valence-corrected chi connectivity index (χ1v) is 33.4. The lowest BCUT2D eigenvalue weighted by atomic mass is 10.0. The number of rotatable bonds is 60. The van der Waals surface area contributed by atoms with Crippen molar-refractivity contribution in [2.45, 2.75) is 322 Å². The molecule has 0 aromatic heterocycles. The Morgan fingerprint density at radius 1 is 0.266 bits per heavy atom. The summed E-state index contributed by atoms with van der Waals surface area (Å²) >= 11 is 0. The van der Waals surface area contributed by atoms with E-state index in [1.807, 2.05) is 0 Å². The van der Waals surface area contributed by atoms with Crippen LogP contribution >= 0.6 is 0 Å². The average Bonchev–Trinajstić information content (AvgIpc) is 3.45. The lowest BCUT2D eigenvalue weighted by molar-refractivity contribution is -0.167. The van der Waals surface area contributed by atoms with E-state index in [-0.39, 0.29) is 31.1 Å². The maximum atomic E-state index is 12.9. The number of ether oxygens (including phenoxy) is 3. The Labute approximate surface area is 489 Å². The van der Waals surface area contributed by atoms with Crippen LogP contribution in [-0.4, -0.2) is 37.2 Å². The van der Waals surface area contributed by atoms with Crippen LogP contribution in [0.5, 0.6) is 0 Å². The van der Waals surface area contributed by atoms with Gasteiger partial charge in [0.25, 0.3) is 0 Å². The largest absolute Gasteiger partial charge is 0.462 e. The highest BCUT2D eigenvalue weighted by Crippen LogP contribution is 2.16. The van der Waals surface area contributed by atoms with Gasteiger partial charge in [-0.1, -0.05) is 297 Å². The van der Waals surface area contributed by atoms with E-state index >= 15 is 0 Å². The molecule has 1 unspecified atom stereocenters. The van der Waals surface area contributed by atoms with Crippen LogP contribution in [0.4, 0.5) is 0 Å². The summed E-state index contributed by atoms with van der Waals surface area (Å²) in [5.74, 6) is -0.899. The third-order valence-corrected chi connectivity index (χ3v) is 14.3. The van der Waals surface area contributed by atoms with Crippen LogP contribution in [0.15, 0.2) is 109 Å². The molecule has 0 heterocycles. The van der Waals surface area contributed by atoms with Gasteiger partial charge in [0.15, 0.2) is 6.10 Å². The van der Waals surface area contributed by atoms with Gasteiger partial charge in [-0.2, -0.15) is 0 Å². The molecule has 0 aliphatic heterocycles. The molecule has 0 bridgehead atoms. The molecule has 0 saturated heterocycles. The third-order valence-electron chi connectivity index (χ3n) is 14.3. The van der Waals surface area contributed by atoms with E-state index in [1.165, 1.54) is 141 Å². The molecule has 0 aliphatic carbocycles. The van der Waals surface area contributed by atoms with E-state index in [0.717, 1.165) is 135 Å². The molecule has 0 aliphatic rings. The normalized spacial score (nSPS) is 12.8. The molecule has 0 N–H and O–H groups in total. The monoisotopic (exact) mass is 1100 g/mol. The average molecular weight is 1100 g/mol. The van der Waals surface area contributed by atoms with Crippen LogP contribution in [-0.2, 0) is 28.6 Å². The molecule has 0 amide bonds. The van der Waals surface area contributed by atoms with Gasteiger partial charge in [-0.05, 0) is 109 Å². The number of esters is 3. The van der Waals surface area contributed by atoms with Crippen molar-refractivity contribution >= 4 is 17.9 Å². The Morgan fingerprint density at radius 3 is 0.785 bits per heavy atom. The summed E-state index contributed by atoms with van der Waals surface area (Å²) in [4.78, 5) is 38.4. The Balaban J connectivity index is 4.36. The Hall–Kier alpha value is -3.93. The van der Waals surface area contributed by atoms with Crippen molar-refractivity contribution in [1.29, 1.82) is 0 Å². The van der Waals surface area contributed by atoms with Crippen molar-refractivity contribution in [2.75, 3.05) is 13.2 Å². The van der Waals surface area contributed by atoms with E-state index in [0.29, 0.717) is 19.3 Å². The van der Waals surface area contributed by atoms with Crippen molar-refractivity contribution in [3.63, 3.8) is 0 Å². The Kier molecular flexibility index (Phi) is 63.3. The van der Waals surface area contributed by atoms with E-state index in [4.69, 9.17) is 14.2 Å². The van der Waals surface area contributed by atoms with Crippen molar-refractivity contribution in [3.05, 3.63) is 109 Å². The molecule has 0 spiro atoms. The molecule has 0 saturated carbocycles. The number of unbranched alkanes of at least 4 members (excludes halogenated alkanes) is 31. The maximum absolute atomic E-state index is 12.9. The standard InChI is InChI=1S/C73H124O6/c1-4-7-10-13-16-19-22-25-28-31-32-33-34-35-36-37-38-39-40-41-42-43-46-48-51-54-57-60-63-66-72(75)78-69-70(79-73(76)67-64-61-58-55-52-49-45-30-27-24-21-18-15-12-9-6-3)68-77-71(74)65-62-59-56-53-50-47-44-29-26-23-20-17-14-11-8-5-2/h7,10,16,19,21,24-25,28,30,32-33,35-36,38-39,41-42,45,70H,4-6,8-9,11-15,17-18,20,22-23,26-27,29,31,34,37,40,43-44,46-69H2,1-3H3/b10-7-,19-16-,24-21-,28-25-,33-32-,36-35-,39-38-,42-41-,45-30-. The minimum atomic E-state index is -0.791. The molecule has 6 heteroatoms. The van der Waals surface area contributed by atoms with E-state index in [2.05, 4.69) is 130 Å². The van der Waals surface area contributed by atoms with Crippen LogP contribution in [0.2, 0.25) is 0 Å². The van der Waals surface area contributed by atoms with Crippen LogP contribution in [0.1, 0.15) is 316 Å². The molecule has 452 valence electrons. The predicted octanol–water partition coefficient (Wildman–Crippen LogP) is 23.0. The first-order valence-electron chi connectivity index (χ1n) is 33.4. The van der Waals surface area contributed by atoms with E-state index < -0.39 is 6.10 Å². The van der Waals surface area contributed by atoms with Gasteiger partial charge in [0.1, 0.15) is 13.2 Å². The van der Waals surface area contributed by atoms with Crippen LogP contribution in [0.3, 0.4) is 0 Å². The third kappa shape index (κ3) is 64.8. The highest BCUT2D eigenvalue weighted by Gasteiger charge is 2.19. The van der Waals surface area contributed by atoms with Gasteiger partial charge < -0.3 is 14.2 Å². The first-order chi connectivity index (χ1) is 39.0. The van der Waals surface area contributed by atoms with Crippen LogP contribution in [0.25, 0.3) is 0 Å². The fourth-order valence-corrected chi connectivity index (χ4v) is 9.28. The second-order valence-electron chi connectivity index (χ2n) is 22.0. The zero-order valence-corrected chi connectivity index (χ0v) is 51.9. The summed E-state index contributed by atoms with van der Waals surface area (Å²) in [5.41, 5.74) is 0. The van der Waals surface area contributed by atoms with Crippen molar-refractivity contribution in [2.24, 2.45) is 0 Å². The van der Waals surface area contributed by atoms with Gasteiger partial charge >= 0.3 is 17.9 Å². The Morgan fingerprint density at radius 2 is 0.494 bits per heavy atom. The van der Waals surface area contributed by atoms with Gasteiger partial charge in [-0.25, -0.2) is 0 Å². The molecule has 79 heavy (non-hydrogen) atoms. The zero-order valence-electron chi connectivity index (χ0n) is 51.9. The van der Waals surface area contributed by atoms with Gasteiger partial charge in [0, 0.05) is 19.3 Å². The topological polar surface area (TPSA) is 78.9 Å². The van der Waals surface area contributed by atoms with Crippen molar-refractivity contribution in [3.8, 4) is 0 Å². The minimum Gasteiger partial charge on any atom is -0.462 e. The quantitative estimate of drug-likeness (QED) is 0.0261. The van der Waals surface area contributed by atoms with Crippen LogP contribution < -0.4 is 0 Å². The van der Waals surface area contributed by atoms with Gasteiger partial charge in [-0.15, -0.1) is 0 Å². The molecular formula is C73H124O6. The van der Waals surface area contributed by atoms with Gasteiger partial charge in [0.2, 0.25) is 0 Å². The summed E-state index contributed by atoms with van der Waals surface area (Å²) in [6.45, 7) is 6.52. The second-order valence-corrected chi connectivity index (χ2v) is 22.0. The smallest absolute Gasteiger partial charge is 0.306 e. The molecule has 1 atom stereocenters. The van der Waals surface area contributed by atoms with Gasteiger partial charge in [-0.3, -0.25) is 14.4 Å². The number of carbonyl (C=O) groups is 3. The van der Waals surface area contributed by atoms with Gasteiger partial charge in [0.05, 0.1) is 0 Å². The summed E-state index contributed by atoms with van der Waals surface area (Å²) in [6.07, 6.45) is 90.9. The minimum absolute atomic E-state index is 0.0851. The summed E-state index contributed by atoms with van der Waals surface area (Å²) in [5, 5.41) is 0. The zero-order chi connectivity index (χ0) is 57.1. The summed E-state index contributed by atoms with van der Waals surface area (Å²) < 4.78 is 16.9. The van der Waals surface area contributed by atoms with Crippen molar-refractivity contribution in [1.82, 2.24) is 0 Å². The number of hydrogen-bond donors (Lipinski definition) is 0.